The Hall–Kier alpha value is -10.2. The summed E-state index contributed by atoms with van der Waals surface area (Å²) in [5.74, 6) is 0. The smallest absolute Gasteiger partial charge is 0.145 e. The third kappa shape index (κ3) is 6.38. The minimum absolute atomic E-state index is 0.826. The van der Waals surface area contributed by atoms with Crippen LogP contribution in [-0.2, 0) is 0 Å². The Morgan fingerprint density at radius 3 is 1.50 bits per heavy atom. The standard InChI is InChI=1S/C72H44N2O2/c1-2-19-49-44-50(35-34-45(49)16-1)46-36-38-51(39-37-46)73(64-42-40-56(54-27-13-20-47-17-3-5-22-52(47)54)71-69(64)59-25-8-11-32-66(59)75-71)65-43-41-57(72-70(65)60-26-9-12-33-67(60)76-72)55-28-15-31-63-68(55)58-24-7-10-29-62(58)74(63)61-30-14-21-48-18-4-6-23-53(48)61/h1-44H. The van der Waals surface area contributed by atoms with Crippen LogP contribution in [0, 0.1) is 0 Å². The molecule has 13 aromatic carbocycles. The van der Waals surface area contributed by atoms with Gasteiger partial charge in [-0.1, -0.05) is 194 Å². The summed E-state index contributed by atoms with van der Waals surface area (Å²) in [5, 5.41) is 13.7. The molecule has 0 bridgehead atoms. The number of hydrogen-bond acceptors (Lipinski definition) is 3. The van der Waals surface area contributed by atoms with Crippen molar-refractivity contribution in [3.63, 3.8) is 0 Å². The Balaban J connectivity index is 0.971. The van der Waals surface area contributed by atoms with Gasteiger partial charge >= 0.3 is 0 Å². The van der Waals surface area contributed by atoms with Gasteiger partial charge in [-0.2, -0.15) is 0 Å². The van der Waals surface area contributed by atoms with E-state index >= 15 is 0 Å². The highest BCUT2D eigenvalue weighted by molar-refractivity contribution is 6.24. The Morgan fingerprint density at radius 2 is 0.789 bits per heavy atom. The van der Waals surface area contributed by atoms with Crippen molar-refractivity contribution < 1.29 is 8.83 Å². The van der Waals surface area contributed by atoms with Crippen LogP contribution in [0.1, 0.15) is 0 Å². The van der Waals surface area contributed by atoms with Crippen molar-refractivity contribution in [3.05, 3.63) is 267 Å². The van der Waals surface area contributed by atoms with Gasteiger partial charge in [-0.25, -0.2) is 0 Å². The van der Waals surface area contributed by atoms with Crippen LogP contribution in [0.3, 0.4) is 0 Å². The summed E-state index contributed by atoms with van der Waals surface area (Å²) in [5.41, 5.74) is 16.4. The molecule has 0 radical (unpaired) electrons. The molecular formula is C72H44N2O2. The van der Waals surface area contributed by atoms with Gasteiger partial charge < -0.3 is 18.3 Å². The quantitative estimate of drug-likeness (QED) is 0.160. The number of rotatable bonds is 7. The molecule has 4 heteroatoms. The second kappa shape index (κ2) is 16.7. The molecular weight excluding hydrogens is 925 g/mol. The van der Waals surface area contributed by atoms with Gasteiger partial charge in [0.2, 0.25) is 0 Å². The van der Waals surface area contributed by atoms with Gasteiger partial charge in [-0.05, 0) is 122 Å². The molecule has 0 saturated carbocycles. The van der Waals surface area contributed by atoms with E-state index in [2.05, 4.69) is 276 Å². The predicted molar refractivity (Wildman–Crippen MR) is 319 cm³/mol. The lowest BCUT2D eigenvalue weighted by Gasteiger charge is -2.28. The second-order valence-corrected chi connectivity index (χ2v) is 19.9. The van der Waals surface area contributed by atoms with E-state index in [1.807, 2.05) is 0 Å². The lowest BCUT2D eigenvalue weighted by Crippen LogP contribution is -2.11. The van der Waals surface area contributed by atoms with Crippen molar-refractivity contribution in [2.45, 2.75) is 0 Å². The van der Waals surface area contributed by atoms with E-state index in [-0.39, 0.29) is 0 Å². The van der Waals surface area contributed by atoms with Crippen LogP contribution < -0.4 is 4.90 Å². The minimum Gasteiger partial charge on any atom is -0.455 e. The topological polar surface area (TPSA) is 34.5 Å². The molecule has 16 aromatic rings. The Labute approximate surface area is 437 Å². The first-order valence-electron chi connectivity index (χ1n) is 26.0. The maximum absolute atomic E-state index is 7.23. The molecule has 354 valence electrons. The maximum atomic E-state index is 7.23. The van der Waals surface area contributed by atoms with Gasteiger partial charge in [0.05, 0.1) is 38.9 Å². The van der Waals surface area contributed by atoms with Crippen LogP contribution >= 0.6 is 0 Å². The zero-order valence-electron chi connectivity index (χ0n) is 41.1. The van der Waals surface area contributed by atoms with E-state index in [0.29, 0.717) is 0 Å². The van der Waals surface area contributed by atoms with Gasteiger partial charge in [0.15, 0.2) is 0 Å². The number of hydrogen-bond donors (Lipinski definition) is 0. The van der Waals surface area contributed by atoms with E-state index in [0.717, 1.165) is 105 Å². The van der Waals surface area contributed by atoms with Gasteiger partial charge in [0.25, 0.3) is 0 Å². The number of aromatic nitrogens is 1. The highest BCUT2D eigenvalue weighted by Crippen LogP contribution is 2.52. The van der Waals surface area contributed by atoms with E-state index in [1.54, 1.807) is 0 Å². The molecule has 0 atom stereocenters. The van der Waals surface area contributed by atoms with Crippen molar-refractivity contribution in [2.75, 3.05) is 4.90 Å². The first-order valence-corrected chi connectivity index (χ1v) is 26.0. The molecule has 0 unspecified atom stereocenters. The summed E-state index contributed by atoms with van der Waals surface area (Å²) < 4.78 is 16.7. The molecule has 16 rings (SSSR count). The number of furan rings is 2. The molecule has 3 aromatic heterocycles. The minimum atomic E-state index is 0.826. The van der Waals surface area contributed by atoms with Crippen LogP contribution in [0.25, 0.3) is 137 Å². The third-order valence-corrected chi connectivity index (χ3v) is 15.8. The van der Waals surface area contributed by atoms with Crippen molar-refractivity contribution in [1.82, 2.24) is 4.57 Å². The fourth-order valence-corrected chi connectivity index (χ4v) is 12.4. The molecule has 0 spiro atoms. The predicted octanol–water partition coefficient (Wildman–Crippen LogP) is 20.5. The monoisotopic (exact) mass is 968 g/mol. The van der Waals surface area contributed by atoms with Crippen LogP contribution in [0.4, 0.5) is 17.1 Å². The first-order chi connectivity index (χ1) is 37.7. The normalized spacial score (nSPS) is 11.9. The van der Waals surface area contributed by atoms with Gasteiger partial charge in [-0.15, -0.1) is 0 Å². The molecule has 0 amide bonds. The van der Waals surface area contributed by atoms with Crippen molar-refractivity contribution in [2.24, 2.45) is 0 Å². The Morgan fingerprint density at radius 1 is 0.289 bits per heavy atom. The van der Waals surface area contributed by atoms with E-state index in [4.69, 9.17) is 8.83 Å². The van der Waals surface area contributed by atoms with Crippen molar-refractivity contribution in [3.8, 4) is 39.1 Å². The van der Waals surface area contributed by atoms with Gasteiger partial charge in [0, 0.05) is 43.7 Å². The SMILES string of the molecule is c1ccc2cc(-c3ccc(N(c4ccc(-c5cccc6ccccc56)c5oc6ccccc6c45)c4ccc(-c5cccc6c5c5ccccc5n6-c5cccc6ccccc56)c5oc6ccccc6c45)cc3)ccc2c1. The number of nitrogens with zero attached hydrogens (tertiary/aromatic N) is 2. The largest absolute Gasteiger partial charge is 0.455 e. The molecule has 0 aliphatic rings. The molecule has 4 nitrogen and oxygen atoms in total. The van der Waals surface area contributed by atoms with Gasteiger partial charge in [-0.3, -0.25) is 0 Å². The average Bonchev–Trinajstić information content (AvgIpc) is 4.30. The summed E-state index contributed by atoms with van der Waals surface area (Å²) in [6.45, 7) is 0. The maximum Gasteiger partial charge on any atom is 0.145 e. The lowest BCUT2D eigenvalue weighted by molar-refractivity contribution is 0.670. The third-order valence-electron chi connectivity index (χ3n) is 15.8. The average molecular weight is 969 g/mol. The van der Waals surface area contributed by atoms with Crippen LogP contribution in [0.5, 0.6) is 0 Å². The van der Waals surface area contributed by atoms with Crippen LogP contribution in [0.2, 0.25) is 0 Å². The molecule has 0 aliphatic heterocycles. The van der Waals surface area contributed by atoms with E-state index in [1.165, 1.54) is 48.7 Å². The van der Waals surface area contributed by atoms with Crippen LogP contribution in [-0.4, -0.2) is 4.57 Å². The number of para-hydroxylation sites is 3. The molecule has 0 saturated heterocycles. The molecule has 76 heavy (non-hydrogen) atoms. The Bertz CT molecular complexity index is 5000. The summed E-state index contributed by atoms with van der Waals surface area (Å²) in [6, 6.07) is 96.4. The molecule has 0 N–H and O–H groups in total. The highest BCUT2D eigenvalue weighted by Gasteiger charge is 2.28. The zero-order chi connectivity index (χ0) is 49.8. The molecule has 0 aliphatic carbocycles. The summed E-state index contributed by atoms with van der Waals surface area (Å²) in [6.07, 6.45) is 0. The van der Waals surface area contributed by atoms with E-state index < -0.39 is 0 Å². The summed E-state index contributed by atoms with van der Waals surface area (Å²) in [4.78, 5) is 2.43. The number of fused-ring (bicyclic) bond motifs is 12. The van der Waals surface area contributed by atoms with Crippen LogP contribution in [0.15, 0.2) is 276 Å². The van der Waals surface area contributed by atoms with Crippen molar-refractivity contribution >= 4 is 115 Å². The van der Waals surface area contributed by atoms with Gasteiger partial charge in [0.1, 0.15) is 22.3 Å². The second-order valence-electron chi connectivity index (χ2n) is 19.9. The Kier molecular flexibility index (Phi) is 9.30. The first kappa shape index (κ1) is 42.4. The van der Waals surface area contributed by atoms with Crippen molar-refractivity contribution in [1.29, 1.82) is 0 Å². The number of anilines is 3. The fourth-order valence-electron chi connectivity index (χ4n) is 12.4. The number of benzene rings is 13. The fraction of sp³-hybridized carbons (Fsp3) is 0. The molecule has 0 fully saturated rings. The lowest BCUT2D eigenvalue weighted by atomic mass is 9.94. The molecule has 3 heterocycles. The summed E-state index contributed by atoms with van der Waals surface area (Å²) in [7, 11) is 0. The highest BCUT2D eigenvalue weighted by atomic mass is 16.3. The zero-order valence-corrected chi connectivity index (χ0v) is 41.1. The van der Waals surface area contributed by atoms with E-state index in [9.17, 15) is 0 Å². The summed E-state index contributed by atoms with van der Waals surface area (Å²) >= 11 is 0.